The van der Waals surface area contributed by atoms with E-state index in [1.807, 2.05) is 0 Å². The molecule has 1 fully saturated rings. The Morgan fingerprint density at radius 1 is 0.438 bits per heavy atom. The predicted molar refractivity (Wildman–Crippen MR) is 294 cm³/mol. The molecule has 1 saturated heterocycles. The van der Waals surface area contributed by atoms with Crippen LogP contribution in [0.25, 0.3) is 0 Å². The van der Waals surface area contributed by atoms with Crippen molar-refractivity contribution in [1.29, 1.82) is 0 Å². The summed E-state index contributed by atoms with van der Waals surface area (Å²) in [6.07, 6.45) is 45.5. The topological polar surface area (TPSA) is 175 Å². The number of carbonyl (C=O) groups is 4. The molecule has 1 heterocycles. The zero-order valence-electron chi connectivity index (χ0n) is 46.6. The number of aliphatic hydroxyl groups excluding tert-OH is 2. The molecular formula is C61H108O12. The molecule has 12 nitrogen and oxygen atoms in total. The molecule has 0 aromatic carbocycles. The van der Waals surface area contributed by atoms with Gasteiger partial charge >= 0.3 is 23.9 Å². The Morgan fingerprint density at radius 2 is 0.795 bits per heavy atom. The summed E-state index contributed by atoms with van der Waals surface area (Å²) >= 11 is 0. The lowest BCUT2D eigenvalue weighted by atomic mass is 9.98. The molecule has 1 aliphatic rings. The van der Waals surface area contributed by atoms with Gasteiger partial charge in [-0.25, -0.2) is 4.79 Å². The second-order valence-electron chi connectivity index (χ2n) is 20.6. The molecule has 424 valence electrons. The number of carbonyl (C=O) groups excluding carboxylic acids is 3. The van der Waals surface area contributed by atoms with E-state index in [9.17, 15) is 34.5 Å². The van der Waals surface area contributed by atoms with Gasteiger partial charge in [0.05, 0.1) is 6.61 Å². The molecule has 1 rings (SSSR count). The van der Waals surface area contributed by atoms with Crippen LogP contribution >= 0.6 is 0 Å². The highest BCUT2D eigenvalue weighted by atomic mass is 16.7. The van der Waals surface area contributed by atoms with Gasteiger partial charge in [-0.2, -0.15) is 0 Å². The molecule has 0 aliphatic carbocycles. The molecule has 1 aliphatic heterocycles. The third kappa shape index (κ3) is 39.9. The standard InChI is InChI=1S/C61H108O12/c1-4-7-10-13-16-19-22-24-26-27-29-30-33-35-38-41-44-47-53(62)69-50-52(71-54(63)48-45-42-39-36-32-21-18-15-12-9-6-3)51-70-61-59(57(66)56(65)58(73-61)60(67)68)72-55(64)49-46-43-40-37-34-31-28-25-23-20-17-14-11-8-5-2/h15,18,24-26,28,52,56-59,61,65-66H,4-14,16-17,19-23,27,29-51H2,1-3H3,(H,67,68)/b18-15-,26-24-,28-25-. The number of aliphatic carboxylic acids is 1. The Labute approximate surface area is 444 Å². The van der Waals surface area contributed by atoms with Crippen LogP contribution in [0.5, 0.6) is 0 Å². The van der Waals surface area contributed by atoms with E-state index in [1.54, 1.807) is 0 Å². The van der Waals surface area contributed by atoms with Gasteiger partial charge in [-0.05, 0) is 89.9 Å². The summed E-state index contributed by atoms with van der Waals surface area (Å²) in [6, 6.07) is 0. The smallest absolute Gasteiger partial charge is 0.335 e. The van der Waals surface area contributed by atoms with Crippen LogP contribution in [0.2, 0.25) is 0 Å². The average Bonchev–Trinajstić information content (AvgIpc) is 3.37. The normalized spacial score (nSPS) is 18.5. The molecule has 73 heavy (non-hydrogen) atoms. The van der Waals surface area contributed by atoms with E-state index in [0.29, 0.717) is 19.3 Å². The number of carboxylic acid groups (broad SMARTS) is 1. The van der Waals surface area contributed by atoms with Gasteiger partial charge in [-0.3, -0.25) is 14.4 Å². The van der Waals surface area contributed by atoms with Crippen molar-refractivity contribution in [3.63, 3.8) is 0 Å². The van der Waals surface area contributed by atoms with Crippen LogP contribution in [0.4, 0.5) is 0 Å². The Balaban J connectivity index is 2.67. The van der Waals surface area contributed by atoms with Crippen molar-refractivity contribution in [1.82, 2.24) is 0 Å². The maximum Gasteiger partial charge on any atom is 0.335 e. The van der Waals surface area contributed by atoms with E-state index in [2.05, 4.69) is 57.2 Å². The SMILES string of the molecule is CCCC/C=C\CCCCCCCC(=O)OC(COC(=O)CCCCCCCCC/C=C\CCCCCCCC)COC1OC(C(=O)O)C(O)C(O)C1OC(=O)CCCCCCC/C=C\CCCCCCCC. The van der Waals surface area contributed by atoms with Crippen LogP contribution in [-0.4, -0.2) is 89.2 Å². The minimum Gasteiger partial charge on any atom is -0.479 e. The molecule has 6 atom stereocenters. The van der Waals surface area contributed by atoms with E-state index >= 15 is 0 Å². The minimum absolute atomic E-state index is 0.0517. The Hall–Kier alpha value is -3.06. The maximum atomic E-state index is 13.1. The lowest BCUT2D eigenvalue weighted by molar-refractivity contribution is -0.301. The number of rotatable bonds is 51. The fourth-order valence-electron chi connectivity index (χ4n) is 8.99. The molecule has 0 amide bonds. The first-order valence-electron chi connectivity index (χ1n) is 30.0. The monoisotopic (exact) mass is 1030 g/mol. The molecule has 0 aromatic heterocycles. The number of esters is 3. The zero-order chi connectivity index (χ0) is 53.3. The highest BCUT2D eigenvalue weighted by Crippen LogP contribution is 2.26. The van der Waals surface area contributed by atoms with Gasteiger partial charge in [0.25, 0.3) is 0 Å². The molecule has 0 bridgehead atoms. The van der Waals surface area contributed by atoms with Gasteiger partial charge in [-0.15, -0.1) is 0 Å². The van der Waals surface area contributed by atoms with Crippen molar-refractivity contribution < 1.29 is 58.2 Å². The van der Waals surface area contributed by atoms with E-state index < -0.39 is 67.3 Å². The molecule has 12 heteroatoms. The molecular weight excluding hydrogens is 925 g/mol. The summed E-state index contributed by atoms with van der Waals surface area (Å²) in [5.41, 5.74) is 0. The number of carboxylic acids is 1. The quantitative estimate of drug-likeness (QED) is 0.0228. The van der Waals surface area contributed by atoms with Crippen molar-refractivity contribution in [2.24, 2.45) is 0 Å². The maximum absolute atomic E-state index is 13.1. The van der Waals surface area contributed by atoms with E-state index in [0.717, 1.165) is 103 Å². The number of aliphatic hydroxyl groups is 2. The molecule has 0 spiro atoms. The van der Waals surface area contributed by atoms with Crippen LogP contribution in [0.1, 0.15) is 278 Å². The summed E-state index contributed by atoms with van der Waals surface area (Å²) in [6.45, 7) is 5.94. The highest BCUT2D eigenvalue weighted by molar-refractivity contribution is 5.74. The van der Waals surface area contributed by atoms with Gasteiger partial charge in [0.15, 0.2) is 24.6 Å². The zero-order valence-corrected chi connectivity index (χ0v) is 46.6. The summed E-state index contributed by atoms with van der Waals surface area (Å²) in [5, 5.41) is 31.4. The largest absolute Gasteiger partial charge is 0.479 e. The number of allylic oxidation sites excluding steroid dienone is 6. The van der Waals surface area contributed by atoms with Gasteiger partial charge in [0.2, 0.25) is 0 Å². The Kier molecular flexibility index (Phi) is 46.4. The Bertz CT molecular complexity index is 1410. The first-order valence-corrected chi connectivity index (χ1v) is 30.0. The van der Waals surface area contributed by atoms with Crippen molar-refractivity contribution >= 4 is 23.9 Å². The number of unbranched alkanes of at least 4 members (excludes halogenated alkanes) is 31. The summed E-state index contributed by atoms with van der Waals surface area (Å²) in [5.74, 6) is -3.13. The molecule has 0 saturated carbocycles. The number of hydrogen-bond donors (Lipinski definition) is 3. The van der Waals surface area contributed by atoms with Crippen LogP contribution in [0.15, 0.2) is 36.5 Å². The third-order valence-corrected chi connectivity index (χ3v) is 13.7. The fourth-order valence-corrected chi connectivity index (χ4v) is 8.99. The van der Waals surface area contributed by atoms with Gasteiger partial charge in [-0.1, -0.05) is 205 Å². The fraction of sp³-hybridized carbons (Fsp3) is 0.836. The predicted octanol–water partition coefficient (Wildman–Crippen LogP) is 15.2. The van der Waals surface area contributed by atoms with Crippen molar-refractivity contribution in [2.45, 2.75) is 314 Å². The first kappa shape index (κ1) is 68.0. The number of hydrogen-bond acceptors (Lipinski definition) is 11. The molecule has 0 radical (unpaired) electrons. The molecule has 6 unspecified atom stereocenters. The van der Waals surface area contributed by atoms with Crippen LogP contribution in [0, 0.1) is 0 Å². The second-order valence-corrected chi connectivity index (χ2v) is 20.6. The van der Waals surface area contributed by atoms with Crippen molar-refractivity contribution in [3.8, 4) is 0 Å². The van der Waals surface area contributed by atoms with Crippen molar-refractivity contribution in [2.75, 3.05) is 13.2 Å². The van der Waals surface area contributed by atoms with E-state index in [4.69, 9.17) is 23.7 Å². The Morgan fingerprint density at radius 3 is 1.21 bits per heavy atom. The number of ether oxygens (including phenoxy) is 5. The lowest BCUT2D eigenvalue weighted by Crippen LogP contribution is -2.61. The van der Waals surface area contributed by atoms with Crippen LogP contribution < -0.4 is 0 Å². The minimum atomic E-state index is -1.90. The van der Waals surface area contributed by atoms with Gasteiger partial charge < -0.3 is 39.0 Å². The first-order chi connectivity index (χ1) is 35.6. The highest BCUT2D eigenvalue weighted by Gasteiger charge is 2.50. The van der Waals surface area contributed by atoms with E-state index in [1.165, 1.54) is 116 Å². The van der Waals surface area contributed by atoms with E-state index in [-0.39, 0.29) is 25.9 Å². The second kappa shape index (κ2) is 49.8. The lowest BCUT2D eigenvalue weighted by Gasteiger charge is -2.40. The summed E-state index contributed by atoms with van der Waals surface area (Å²) in [4.78, 5) is 51.1. The van der Waals surface area contributed by atoms with Crippen LogP contribution in [-0.2, 0) is 42.9 Å². The van der Waals surface area contributed by atoms with Crippen molar-refractivity contribution in [3.05, 3.63) is 36.5 Å². The average molecular weight is 1030 g/mol. The summed E-state index contributed by atoms with van der Waals surface area (Å²) in [7, 11) is 0. The molecule has 3 N–H and O–H groups in total. The van der Waals surface area contributed by atoms with Gasteiger partial charge in [0, 0.05) is 19.3 Å². The molecule has 0 aromatic rings. The van der Waals surface area contributed by atoms with Crippen LogP contribution in [0.3, 0.4) is 0 Å². The third-order valence-electron chi connectivity index (χ3n) is 13.7. The summed E-state index contributed by atoms with van der Waals surface area (Å²) < 4.78 is 28.4. The van der Waals surface area contributed by atoms with Gasteiger partial charge in [0.1, 0.15) is 18.8 Å².